The van der Waals surface area contributed by atoms with E-state index in [0.29, 0.717) is 0 Å². The van der Waals surface area contributed by atoms with Crippen molar-refractivity contribution in [3.63, 3.8) is 0 Å². The minimum absolute atomic E-state index is 1.08. The summed E-state index contributed by atoms with van der Waals surface area (Å²) in [5.41, 5.74) is 1.66. The SMILES string of the molecule is [CH]=CCCCCCC1=CC1. The van der Waals surface area contributed by atoms with E-state index >= 15 is 0 Å². The third-order valence-electron chi connectivity index (χ3n) is 1.86. The molecular weight excluding hydrogens is 120 g/mol. The molecule has 0 spiro atoms. The minimum atomic E-state index is 1.08. The van der Waals surface area contributed by atoms with E-state index in [0.717, 1.165) is 6.42 Å². The Hall–Kier alpha value is -0.520. The highest BCUT2D eigenvalue weighted by Gasteiger charge is 2.04. The van der Waals surface area contributed by atoms with Crippen LogP contribution in [0.5, 0.6) is 0 Å². The van der Waals surface area contributed by atoms with Gasteiger partial charge in [0.15, 0.2) is 0 Å². The zero-order chi connectivity index (χ0) is 7.23. The molecule has 0 fully saturated rings. The van der Waals surface area contributed by atoms with Gasteiger partial charge in [-0.15, -0.1) is 0 Å². The lowest BCUT2D eigenvalue weighted by Gasteiger charge is -1.94. The molecular formula is C10H15. The van der Waals surface area contributed by atoms with E-state index in [1.54, 1.807) is 11.6 Å². The molecule has 0 aliphatic heterocycles. The highest BCUT2D eigenvalue weighted by molar-refractivity contribution is 5.21. The van der Waals surface area contributed by atoms with Crippen LogP contribution in [0.3, 0.4) is 0 Å². The molecule has 0 saturated heterocycles. The van der Waals surface area contributed by atoms with Crippen LogP contribution in [0.15, 0.2) is 17.7 Å². The molecule has 0 amide bonds. The summed E-state index contributed by atoms with van der Waals surface area (Å²) in [5, 5.41) is 0. The van der Waals surface area contributed by atoms with Gasteiger partial charge >= 0.3 is 0 Å². The molecule has 0 nitrogen and oxygen atoms in total. The second-order valence-electron chi connectivity index (χ2n) is 2.90. The van der Waals surface area contributed by atoms with E-state index in [1.807, 2.05) is 0 Å². The van der Waals surface area contributed by atoms with Crippen molar-refractivity contribution in [3.8, 4) is 0 Å². The Morgan fingerprint density at radius 3 is 2.80 bits per heavy atom. The third kappa shape index (κ3) is 3.49. The fraction of sp³-hybridized carbons (Fsp3) is 0.600. The second kappa shape index (κ2) is 4.32. The molecule has 0 aromatic heterocycles. The van der Waals surface area contributed by atoms with Crippen molar-refractivity contribution in [1.29, 1.82) is 0 Å². The molecule has 0 N–H and O–H groups in total. The van der Waals surface area contributed by atoms with E-state index in [2.05, 4.69) is 6.08 Å². The van der Waals surface area contributed by atoms with Crippen LogP contribution in [0.2, 0.25) is 0 Å². The van der Waals surface area contributed by atoms with Gasteiger partial charge in [-0.05, 0) is 32.1 Å². The minimum Gasteiger partial charge on any atom is -0.0845 e. The molecule has 0 bridgehead atoms. The predicted octanol–water partition coefficient (Wildman–Crippen LogP) is 3.26. The van der Waals surface area contributed by atoms with Crippen molar-refractivity contribution >= 4 is 0 Å². The van der Waals surface area contributed by atoms with E-state index in [1.165, 1.54) is 32.1 Å². The summed E-state index contributed by atoms with van der Waals surface area (Å²) in [7, 11) is 0. The molecule has 0 saturated carbocycles. The Kier molecular flexibility index (Phi) is 3.28. The average Bonchev–Trinajstić information content (AvgIpc) is 2.71. The van der Waals surface area contributed by atoms with Crippen molar-refractivity contribution < 1.29 is 0 Å². The van der Waals surface area contributed by atoms with Crippen molar-refractivity contribution in [3.05, 3.63) is 24.3 Å². The van der Waals surface area contributed by atoms with Crippen LogP contribution in [-0.4, -0.2) is 0 Å². The molecule has 1 aliphatic carbocycles. The summed E-state index contributed by atoms with van der Waals surface area (Å²) >= 11 is 0. The van der Waals surface area contributed by atoms with Crippen LogP contribution in [0.4, 0.5) is 0 Å². The van der Waals surface area contributed by atoms with E-state index in [-0.39, 0.29) is 0 Å². The highest BCUT2D eigenvalue weighted by Crippen LogP contribution is 2.24. The van der Waals surface area contributed by atoms with Crippen molar-refractivity contribution in [2.24, 2.45) is 0 Å². The molecule has 0 aromatic carbocycles. The normalized spacial score (nSPS) is 14.6. The van der Waals surface area contributed by atoms with Gasteiger partial charge < -0.3 is 0 Å². The maximum absolute atomic E-state index is 5.25. The van der Waals surface area contributed by atoms with Gasteiger partial charge in [0.1, 0.15) is 0 Å². The Labute approximate surface area is 63.6 Å². The average molecular weight is 135 g/mol. The molecule has 1 radical (unpaired) electrons. The largest absolute Gasteiger partial charge is 0.0845 e. The first-order valence-electron chi connectivity index (χ1n) is 4.15. The summed E-state index contributed by atoms with van der Waals surface area (Å²) in [6.07, 6.45) is 11.8. The maximum atomic E-state index is 5.25. The molecule has 10 heavy (non-hydrogen) atoms. The quantitative estimate of drug-likeness (QED) is 0.387. The van der Waals surface area contributed by atoms with Crippen molar-refractivity contribution in [2.75, 3.05) is 0 Å². The molecule has 0 aromatic rings. The summed E-state index contributed by atoms with van der Waals surface area (Å²) in [4.78, 5) is 0. The fourth-order valence-corrected chi connectivity index (χ4v) is 1.07. The maximum Gasteiger partial charge on any atom is -0.0136 e. The zero-order valence-corrected chi connectivity index (χ0v) is 6.47. The lowest BCUT2D eigenvalue weighted by atomic mass is 10.1. The molecule has 1 aliphatic rings. The molecule has 0 heteroatoms. The van der Waals surface area contributed by atoms with Gasteiger partial charge in [0, 0.05) is 0 Å². The van der Waals surface area contributed by atoms with E-state index in [4.69, 9.17) is 6.58 Å². The summed E-state index contributed by atoms with van der Waals surface area (Å²) in [6, 6.07) is 0. The second-order valence-corrected chi connectivity index (χ2v) is 2.90. The van der Waals surface area contributed by atoms with Gasteiger partial charge in [-0.3, -0.25) is 0 Å². The van der Waals surface area contributed by atoms with Crippen LogP contribution in [0.25, 0.3) is 0 Å². The van der Waals surface area contributed by atoms with Gasteiger partial charge in [0.2, 0.25) is 0 Å². The molecule has 0 heterocycles. The van der Waals surface area contributed by atoms with Crippen LogP contribution in [0.1, 0.15) is 38.5 Å². The Morgan fingerprint density at radius 1 is 1.40 bits per heavy atom. The Balaban J connectivity index is 1.76. The lowest BCUT2D eigenvalue weighted by Crippen LogP contribution is -1.74. The predicted molar refractivity (Wildman–Crippen MR) is 44.7 cm³/mol. The van der Waals surface area contributed by atoms with Gasteiger partial charge in [-0.2, -0.15) is 0 Å². The zero-order valence-electron chi connectivity index (χ0n) is 6.47. The van der Waals surface area contributed by atoms with Gasteiger partial charge in [-0.1, -0.05) is 30.7 Å². The monoisotopic (exact) mass is 135 g/mol. The van der Waals surface area contributed by atoms with Crippen molar-refractivity contribution in [2.45, 2.75) is 38.5 Å². The first-order valence-corrected chi connectivity index (χ1v) is 4.15. The summed E-state index contributed by atoms with van der Waals surface area (Å²) < 4.78 is 0. The van der Waals surface area contributed by atoms with Gasteiger partial charge in [0.05, 0.1) is 0 Å². The molecule has 0 unspecified atom stereocenters. The van der Waals surface area contributed by atoms with Crippen LogP contribution in [-0.2, 0) is 0 Å². The van der Waals surface area contributed by atoms with Gasteiger partial charge in [-0.25, -0.2) is 0 Å². The number of unbranched alkanes of at least 4 members (excludes halogenated alkanes) is 3. The third-order valence-corrected chi connectivity index (χ3v) is 1.86. The first kappa shape index (κ1) is 7.59. The standard InChI is InChI=1S/C10H15/c1-2-3-4-5-6-7-10-8-9-10/h1-2,8H,3-7,9H2. The number of hydrogen-bond acceptors (Lipinski definition) is 0. The van der Waals surface area contributed by atoms with E-state index < -0.39 is 0 Å². The van der Waals surface area contributed by atoms with Crippen LogP contribution < -0.4 is 0 Å². The molecule has 1 rings (SSSR count). The molecule has 55 valence electrons. The number of hydrogen-bond donors (Lipinski definition) is 0. The first-order chi connectivity index (χ1) is 4.93. The summed E-state index contributed by atoms with van der Waals surface area (Å²) in [5.74, 6) is 0. The summed E-state index contributed by atoms with van der Waals surface area (Å²) in [6.45, 7) is 5.25. The van der Waals surface area contributed by atoms with Crippen molar-refractivity contribution in [1.82, 2.24) is 0 Å². The highest BCUT2D eigenvalue weighted by atomic mass is 14.1. The number of rotatable bonds is 6. The van der Waals surface area contributed by atoms with Gasteiger partial charge in [0.25, 0.3) is 0 Å². The fourth-order valence-electron chi connectivity index (χ4n) is 1.07. The Morgan fingerprint density at radius 2 is 2.20 bits per heavy atom. The lowest BCUT2D eigenvalue weighted by molar-refractivity contribution is 0.689. The molecule has 0 atom stereocenters. The smallest absolute Gasteiger partial charge is 0.0136 e. The Bertz CT molecular complexity index is 131. The van der Waals surface area contributed by atoms with Crippen LogP contribution in [0, 0.1) is 6.58 Å². The van der Waals surface area contributed by atoms with Crippen LogP contribution >= 0.6 is 0 Å². The topological polar surface area (TPSA) is 0 Å². The van der Waals surface area contributed by atoms with E-state index in [9.17, 15) is 0 Å². The number of allylic oxidation sites excluding steroid dienone is 3.